The molecule has 0 amide bonds. The van der Waals surface area contributed by atoms with E-state index in [9.17, 15) is 9.90 Å². The van der Waals surface area contributed by atoms with Crippen LogP contribution in [-0.4, -0.2) is 16.5 Å². The Hall–Kier alpha value is -1.15. The molecule has 0 radical (unpaired) electrons. The van der Waals surface area contributed by atoms with Gasteiger partial charge in [0.1, 0.15) is 0 Å². The maximum Gasteiger partial charge on any atom is 0.163 e. The van der Waals surface area contributed by atoms with E-state index in [0.29, 0.717) is 12.3 Å². The number of benzene rings is 1. The predicted octanol–water partition coefficient (Wildman–Crippen LogP) is 4.21. The Balaban J connectivity index is 2.15. The lowest BCUT2D eigenvalue weighted by molar-refractivity contribution is -0.0703. The lowest BCUT2D eigenvalue weighted by atomic mass is 9.53. The summed E-state index contributed by atoms with van der Waals surface area (Å²) in [4.78, 5) is 12.6. The van der Waals surface area contributed by atoms with Gasteiger partial charge in [0.2, 0.25) is 0 Å². The molecule has 0 spiro atoms. The van der Waals surface area contributed by atoms with Gasteiger partial charge in [-0.2, -0.15) is 0 Å². The molecule has 2 heteroatoms. The molecule has 0 heterocycles. The maximum absolute atomic E-state index is 12.6. The van der Waals surface area contributed by atoms with Gasteiger partial charge >= 0.3 is 0 Å². The summed E-state index contributed by atoms with van der Waals surface area (Å²) < 4.78 is 0. The van der Waals surface area contributed by atoms with Crippen molar-refractivity contribution in [2.75, 3.05) is 0 Å². The number of Topliss-reactive ketones (excluding diaryl/α,β-unsaturated/α-hetero) is 1. The van der Waals surface area contributed by atoms with Gasteiger partial charge < -0.3 is 5.11 Å². The van der Waals surface area contributed by atoms with Gasteiger partial charge in [-0.25, -0.2) is 0 Å². The van der Waals surface area contributed by atoms with Gasteiger partial charge in [-0.1, -0.05) is 32.9 Å². The summed E-state index contributed by atoms with van der Waals surface area (Å²) in [5, 5.41) is 10.8. The van der Waals surface area contributed by atoms with E-state index in [-0.39, 0.29) is 17.1 Å². The third-order valence-electron chi connectivity index (χ3n) is 5.91. The molecule has 2 aliphatic carbocycles. The van der Waals surface area contributed by atoms with Crippen LogP contribution >= 0.6 is 0 Å². The maximum atomic E-state index is 12.6. The summed E-state index contributed by atoms with van der Waals surface area (Å²) in [6.07, 6.45) is 3.38. The summed E-state index contributed by atoms with van der Waals surface area (Å²) in [7, 11) is 0. The van der Waals surface area contributed by atoms with Crippen LogP contribution in [0.5, 0.6) is 0 Å². The molecule has 0 aliphatic heterocycles. The fraction of sp³-hybridized carbons (Fsp3) is 0.632. The molecule has 1 saturated carbocycles. The molecule has 1 fully saturated rings. The zero-order chi connectivity index (χ0) is 15.4. The Morgan fingerprint density at radius 2 is 1.95 bits per heavy atom. The molecule has 114 valence electrons. The monoisotopic (exact) mass is 286 g/mol. The topological polar surface area (TPSA) is 37.3 Å². The van der Waals surface area contributed by atoms with E-state index in [4.69, 9.17) is 0 Å². The van der Waals surface area contributed by atoms with Gasteiger partial charge in [0, 0.05) is 17.9 Å². The van der Waals surface area contributed by atoms with Gasteiger partial charge in [-0.15, -0.1) is 0 Å². The van der Waals surface area contributed by atoms with Crippen LogP contribution in [-0.2, 0) is 5.41 Å². The Kier molecular flexibility index (Phi) is 3.29. The van der Waals surface area contributed by atoms with Crippen LogP contribution in [0.1, 0.15) is 80.8 Å². The molecular formula is C19H26O2. The van der Waals surface area contributed by atoms with Crippen molar-refractivity contribution in [1.82, 2.24) is 0 Å². The molecule has 2 nitrogen and oxygen atoms in total. The molecule has 0 bridgehead atoms. The van der Waals surface area contributed by atoms with Crippen molar-refractivity contribution in [3.8, 4) is 0 Å². The van der Waals surface area contributed by atoms with Crippen molar-refractivity contribution in [3.63, 3.8) is 0 Å². The molecular weight excluding hydrogens is 260 g/mol. The largest absolute Gasteiger partial charge is 0.390 e. The van der Waals surface area contributed by atoms with E-state index in [1.165, 1.54) is 5.56 Å². The summed E-state index contributed by atoms with van der Waals surface area (Å²) in [6.45, 7) is 8.47. The molecule has 1 aromatic carbocycles. The standard InChI is InChI=1S/C19H26O2/c1-12(2)13-6-7-15-14(10-13)16(20)11-17-18(15,3)8-5-9-19(17,4)21/h6-7,10,12,17,21H,5,8-9,11H2,1-4H3/t17-,18+,19+/m0/s1. The number of carbonyl (C=O) groups is 1. The van der Waals surface area contributed by atoms with Crippen LogP contribution in [0.3, 0.4) is 0 Å². The Labute approximate surface area is 127 Å². The molecule has 0 unspecified atom stereocenters. The van der Waals surface area contributed by atoms with Crippen LogP contribution in [0.2, 0.25) is 0 Å². The third kappa shape index (κ3) is 2.15. The van der Waals surface area contributed by atoms with Crippen LogP contribution in [0.25, 0.3) is 0 Å². The summed E-state index contributed by atoms with van der Waals surface area (Å²) in [5.74, 6) is 0.684. The highest BCUT2D eigenvalue weighted by molar-refractivity contribution is 5.99. The van der Waals surface area contributed by atoms with Crippen LogP contribution < -0.4 is 0 Å². The van der Waals surface area contributed by atoms with Crippen LogP contribution in [0, 0.1) is 5.92 Å². The normalized spacial score (nSPS) is 35.5. The predicted molar refractivity (Wildman–Crippen MR) is 84.8 cm³/mol. The molecule has 2 aliphatic rings. The molecule has 0 saturated heterocycles. The van der Waals surface area contributed by atoms with Gasteiger partial charge in [-0.05, 0) is 54.7 Å². The first kappa shape index (κ1) is 14.8. The van der Waals surface area contributed by atoms with Gasteiger partial charge in [-0.3, -0.25) is 4.79 Å². The summed E-state index contributed by atoms with van der Waals surface area (Å²) >= 11 is 0. The van der Waals surface area contributed by atoms with Crippen molar-refractivity contribution >= 4 is 5.78 Å². The second-order valence-electron chi connectivity index (χ2n) is 7.77. The van der Waals surface area contributed by atoms with Crippen LogP contribution in [0.4, 0.5) is 0 Å². The lowest BCUT2D eigenvalue weighted by Crippen LogP contribution is -2.54. The first-order chi connectivity index (χ1) is 9.75. The zero-order valence-electron chi connectivity index (χ0n) is 13.6. The highest BCUT2D eigenvalue weighted by Gasteiger charge is 2.53. The highest BCUT2D eigenvalue weighted by Crippen LogP contribution is 2.53. The van der Waals surface area contributed by atoms with Crippen molar-refractivity contribution in [2.45, 2.75) is 70.3 Å². The van der Waals surface area contributed by atoms with Crippen molar-refractivity contribution < 1.29 is 9.90 Å². The Morgan fingerprint density at radius 1 is 1.24 bits per heavy atom. The number of carbonyl (C=O) groups excluding carboxylic acids is 1. The lowest BCUT2D eigenvalue weighted by Gasteiger charge is -2.52. The third-order valence-corrected chi connectivity index (χ3v) is 5.91. The number of ketones is 1. The number of hydrogen-bond donors (Lipinski definition) is 1. The zero-order valence-corrected chi connectivity index (χ0v) is 13.6. The van der Waals surface area contributed by atoms with Crippen molar-refractivity contribution in [2.24, 2.45) is 5.92 Å². The molecule has 21 heavy (non-hydrogen) atoms. The first-order valence-corrected chi connectivity index (χ1v) is 8.16. The van der Waals surface area contributed by atoms with Gasteiger partial charge in [0.25, 0.3) is 0 Å². The number of hydrogen-bond acceptors (Lipinski definition) is 2. The van der Waals surface area contributed by atoms with Crippen molar-refractivity contribution in [3.05, 3.63) is 34.9 Å². The molecule has 3 atom stereocenters. The summed E-state index contributed by atoms with van der Waals surface area (Å²) in [6, 6.07) is 6.40. The minimum absolute atomic E-state index is 0.0450. The highest BCUT2D eigenvalue weighted by atomic mass is 16.3. The Bertz CT molecular complexity index is 585. The van der Waals surface area contributed by atoms with Gasteiger partial charge in [0.15, 0.2) is 5.78 Å². The second kappa shape index (κ2) is 4.67. The van der Waals surface area contributed by atoms with E-state index in [2.05, 4.69) is 39.0 Å². The van der Waals surface area contributed by atoms with E-state index in [1.54, 1.807) is 0 Å². The smallest absolute Gasteiger partial charge is 0.163 e. The molecule has 3 rings (SSSR count). The molecule has 0 aromatic heterocycles. The quantitative estimate of drug-likeness (QED) is 0.840. The van der Waals surface area contributed by atoms with E-state index in [0.717, 1.165) is 30.4 Å². The second-order valence-corrected chi connectivity index (χ2v) is 7.77. The number of rotatable bonds is 1. The number of aliphatic hydroxyl groups is 1. The average Bonchev–Trinajstić information content (AvgIpc) is 2.41. The minimum atomic E-state index is -0.725. The average molecular weight is 286 g/mol. The van der Waals surface area contributed by atoms with Gasteiger partial charge in [0.05, 0.1) is 5.60 Å². The first-order valence-electron chi connectivity index (χ1n) is 8.16. The van der Waals surface area contributed by atoms with E-state index >= 15 is 0 Å². The van der Waals surface area contributed by atoms with E-state index in [1.807, 2.05) is 6.92 Å². The van der Waals surface area contributed by atoms with Crippen molar-refractivity contribution in [1.29, 1.82) is 0 Å². The van der Waals surface area contributed by atoms with Crippen LogP contribution in [0.15, 0.2) is 18.2 Å². The van der Waals surface area contributed by atoms with E-state index < -0.39 is 5.60 Å². The number of fused-ring (bicyclic) bond motifs is 3. The fourth-order valence-electron chi connectivity index (χ4n) is 4.56. The molecule has 1 aromatic rings. The SMILES string of the molecule is CC(C)c1ccc2c(c1)C(=O)C[C@@H]1[C@](C)(O)CCC[C@]21C. The summed E-state index contributed by atoms with van der Waals surface area (Å²) in [5.41, 5.74) is 2.50. The minimum Gasteiger partial charge on any atom is -0.390 e. The molecule has 1 N–H and O–H groups in total. The fourth-order valence-corrected chi connectivity index (χ4v) is 4.56. The Morgan fingerprint density at radius 3 is 2.62 bits per heavy atom.